The molecule has 0 unspecified atom stereocenters. The van der Waals surface area contributed by atoms with Crippen LogP contribution in [0.25, 0.3) is 11.0 Å². The highest BCUT2D eigenvalue weighted by atomic mass is 16.3. The molecule has 0 saturated carbocycles. The molecular weight excluding hydrogens is 250 g/mol. The van der Waals surface area contributed by atoms with E-state index in [1.807, 2.05) is 6.33 Å². The highest BCUT2D eigenvalue weighted by molar-refractivity contribution is 5.75. The lowest BCUT2D eigenvalue weighted by Crippen LogP contribution is -2.44. The maximum Gasteiger partial charge on any atom is 0.0958 e. The van der Waals surface area contributed by atoms with Crippen LogP contribution >= 0.6 is 0 Å². The first-order valence-corrected chi connectivity index (χ1v) is 7.57. The van der Waals surface area contributed by atoms with E-state index >= 15 is 0 Å². The third kappa shape index (κ3) is 2.86. The molecule has 1 fully saturated rings. The number of fused-ring (bicyclic) bond motifs is 1. The molecule has 2 N–H and O–H groups in total. The maximum atomic E-state index is 9.95. The molecule has 108 valence electrons. The van der Waals surface area contributed by atoms with Crippen molar-refractivity contribution in [1.82, 2.24) is 14.9 Å². The van der Waals surface area contributed by atoms with Gasteiger partial charge in [-0.2, -0.15) is 0 Å². The lowest BCUT2D eigenvalue weighted by atomic mass is 9.97. The number of nitrogens with one attached hydrogen (secondary N) is 1. The monoisotopic (exact) mass is 273 g/mol. The van der Waals surface area contributed by atoms with Crippen LogP contribution in [0.5, 0.6) is 0 Å². The Hall–Kier alpha value is -1.39. The molecule has 20 heavy (non-hydrogen) atoms. The van der Waals surface area contributed by atoms with Gasteiger partial charge in [0, 0.05) is 12.6 Å². The molecule has 1 saturated heterocycles. The summed E-state index contributed by atoms with van der Waals surface area (Å²) in [4.78, 5) is 4.46. The highest BCUT2D eigenvalue weighted by Crippen LogP contribution is 2.17. The third-order valence-corrected chi connectivity index (χ3v) is 4.24. The molecule has 4 nitrogen and oxygen atoms in total. The first-order chi connectivity index (χ1) is 9.74. The van der Waals surface area contributed by atoms with E-state index in [-0.39, 0.29) is 12.1 Å². The van der Waals surface area contributed by atoms with Crippen molar-refractivity contribution in [3.05, 3.63) is 30.1 Å². The highest BCUT2D eigenvalue weighted by Gasteiger charge is 2.21. The first-order valence-electron chi connectivity index (χ1n) is 7.57. The van der Waals surface area contributed by atoms with E-state index in [1.54, 1.807) is 0 Å². The fourth-order valence-corrected chi connectivity index (χ4v) is 3.06. The van der Waals surface area contributed by atoms with Gasteiger partial charge in [0.2, 0.25) is 0 Å². The van der Waals surface area contributed by atoms with Crippen molar-refractivity contribution in [3.63, 3.8) is 0 Å². The summed E-state index contributed by atoms with van der Waals surface area (Å²) in [5.41, 5.74) is 3.52. The summed E-state index contributed by atoms with van der Waals surface area (Å²) in [7, 11) is 0. The van der Waals surface area contributed by atoms with Crippen LogP contribution < -0.4 is 5.32 Å². The van der Waals surface area contributed by atoms with E-state index in [2.05, 4.69) is 40.0 Å². The number of aliphatic hydroxyl groups excluding tert-OH is 1. The summed E-state index contributed by atoms with van der Waals surface area (Å²) in [6, 6.07) is 6.66. The van der Waals surface area contributed by atoms with Gasteiger partial charge in [0.1, 0.15) is 0 Å². The van der Waals surface area contributed by atoms with Crippen LogP contribution in [0.4, 0.5) is 0 Å². The number of benzene rings is 1. The molecule has 2 atom stereocenters. The number of rotatable bonds is 4. The van der Waals surface area contributed by atoms with Gasteiger partial charge in [0.05, 0.1) is 23.5 Å². The van der Waals surface area contributed by atoms with E-state index in [0.29, 0.717) is 0 Å². The predicted octanol–water partition coefficient (Wildman–Crippen LogP) is 2.24. The first kappa shape index (κ1) is 13.6. The third-order valence-electron chi connectivity index (χ3n) is 4.24. The Morgan fingerprint density at radius 2 is 2.35 bits per heavy atom. The van der Waals surface area contributed by atoms with Gasteiger partial charge in [-0.15, -0.1) is 0 Å². The Morgan fingerprint density at radius 1 is 1.45 bits per heavy atom. The zero-order valence-corrected chi connectivity index (χ0v) is 12.0. The maximum absolute atomic E-state index is 9.95. The Balaban J connectivity index is 1.59. The number of aryl methyl sites for hydroxylation is 2. The topological polar surface area (TPSA) is 50.1 Å². The Bertz CT molecular complexity index is 578. The smallest absolute Gasteiger partial charge is 0.0958 e. The van der Waals surface area contributed by atoms with Gasteiger partial charge < -0.3 is 15.0 Å². The summed E-state index contributed by atoms with van der Waals surface area (Å²) in [5.74, 6) is 0. The molecule has 1 aliphatic heterocycles. The van der Waals surface area contributed by atoms with Gasteiger partial charge in [-0.3, -0.25) is 0 Å². The van der Waals surface area contributed by atoms with Crippen molar-refractivity contribution >= 4 is 11.0 Å². The zero-order chi connectivity index (χ0) is 13.9. The quantitative estimate of drug-likeness (QED) is 0.898. The lowest BCUT2D eigenvalue weighted by molar-refractivity contribution is 0.0909. The summed E-state index contributed by atoms with van der Waals surface area (Å²) >= 11 is 0. The van der Waals surface area contributed by atoms with E-state index in [1.165, 1.54) is 11.1 Å². The van der Waals surface area contributed by atoms with Crippen molar-refractivity contribution in [2.75, 3.05) is 6.54 Å². The average Bonchev–Trinajstić information content (AvgIpc) is 2.83. The number of hydrogen-bond acceptors (Lipinski definition) is 3. The second kappa shape index (κ2) is 5.94. The second-order valence-electron chi connectivity index (χ2n) is 5.84. The molecule has 4 heteroatoms. The minimum absolute atomic E-state index is 0.175. The van der Waals surface area contributed by atoms with Crippen molar-refractivity contribution in [1.29, 1.82) is 0 Å². The van der Waals surface area contributed by atoms with Crippen molar-refractivity contribution < 1.29 is 5.11 Å². The van der Waals surface area contributed by atoms with Crippen molar-refractivity contribution in [2.24, 2.45) is 0 Å². The van der Waals surface area contributed by atoms with E-state index < -0.39 is 0 Å². The van der Waals surface area contributed by atoms with Crippen LogP contribution in [0.3, 0.4) is 0 Å². The summed E-state index contributed by atoms with van der Waals surface area (Å²) in [6.07, 6.45) is 5.86. The molecule has 0 radical (unpaired) electrons. The lowest BCUT2D eigenvalue weighted by Gasteiger charge is -2.29. The fourth-order valence-electron chi connectivity index (χ4n) is 3.06. The molecule has 3 rings (SSSR count). The number of aromatic nitrogens is 2. The minimum atomic E-state index is -0.175. The van der Waals surface area contributed by atoms with Gasteiger partial charge in [0.15, 0.2) is 0 Å². The van der Waals surface area contributed by atoms with Crippen LogP contribution in [-0.4, -0.2) is 33.3 Å². The van der Waals surface area contributed by atoms with Gasteiger partial charge in [-0.05, 0) is 56.8 Å². The van der Waals surface area contributed by atoms with E-state index in [0.717, 1.165) is 44.3 Å². The molecule has 0 bridgehead atoms. The molecule has 0 aliphatic carbocycles. The van der Waals surface area contributed by atoms with Gasteiger partial charge in [0.25, 0.3) is 0 Å². The molecule has 2 heterocycles. The van der Waals surface area contributed by atoms with E-state index in [9.17, 15) is 5.11 Å². The van der Waals surface area contributed by atoms with Gasteiger partial charge >= 0.3 is 0 Å². The SMILES string of the molecule is Cc1ccc2c(c1)ncn2CCC[C@H]1NCCC[C@@H]1O. The number of nitrogens with zero attached hydrogens (tertiary/aromatic N) is 2. The van der Waals surface area contributed by atoms with Crippen LogP contribution in [0, 0.1) is 6.92 Å². The molecule has 1 aromatic heterocycles. The molecule has 0 spiro atoms. The molecule has 0 amide bonds. The average molecular weight is 273 g/mol. The second-order valence-corrected chi connectivity index (χ2v) is 5.84. The van der Waals surface area contributed by atoms with Crippen molar-refractivity contribution in [3.8, 4) is 0 Å². The van der Waals surface area contributed by atoms with Crippen LogP contribution in [0.1, 0.15) is 31.2 Å². The zero-order valence-electron chi connectivity index (χ0n) is 12.0. The van der Waals surface area contributed by atoms with Gasteiger partial charge in [-0.25, -0.2) is 4.98 Å². The molecule has 1 aliphatic rings. The molecular formula is C16H23N3O. The minimum Gasteiger partial charge on any atom is -0.392 e. The van der Waals surface area contributed by atoms with E-state index in [4.69, 9.17) is 0 Å². The predicted molar refractivity (Wildman–Crippen MR) is 80.7 cm³/mol. The number of hydrogen-bond donors (Lipinski definition) is 2. The van der Waals surface area contributed by atoms with Gasteiger partial charge in [-0.1, -0.05) is 6.07 Å². The summed E-state index contributed by atoms with van der Waals surface area (Å²) < 4.78 is 2.21. The summed E-state index contributed by atoms with van der Waals surface area (Å²) in [6.45, 7) is 4.09. The molecule has 1 aromatic carbocycles. The normalized spacial score (nSPS) is 23.3. The van der Waals surface area contributed by atoms with Crippen LogP contribution in [0.2, 0.25) is 0 Å². The Morgan fingerprint density at radius 3 is 3.20 bits per heavy atom. The number of piperidine rings is 1. The largest absolute Gasteiger partial charge is 0.392 e. The van der Waals surface area contributed by atoms with Crippen LogP contribution in [0.15, 0.2) is 24.5 Å². The fraction of sp³-hybridized carbons (Fsp3) is 0.562. The van der Waals surface area contributed by atoms with Crippen molar-refractivity contribution in [2.45, 2.75) is 51.3 Å². The van der Waals surface area contributed by atoms with Crippen LogP contribution in [-0.2, 0) is 6.54 Å². The molecule has 2 aromatic rings. The number of imidazole rings is 1. The Kier molecular flexibility index (Phi) is 4.03. The standard InChI is InChI=1S/C16H23N3O/c1-12-6-7-15-14(10-12)18-11-19(15)9-3-4-13-16(20)5-2-8-17-13/h6-7,10-11,13,16-17,20H,2-5,8-9H2,1H3/t13-,16+/m1/s1. The number of aliphatic hydroxyl groups is 1. The Labute approximate surface area is 119 Å². The summed E-state index contributed by atoms with van der Waals surface area (Å²) in [5, 5.41) is 13.4.